The summed E-state index contributed by atoms with van der Waals surface area (Å²) in [5.41, 5.74) is 11.2. The van der Waals surface area contributed by atoms with Gasteiger partial charge in [-0.25, -0.2) is 4.98 Å². The van der Waals surface area contributed by atoms with E-state index in [1.807, 2.05) is 18.2 Å². The maximum absolute atomic E-state index is 5.99. The van der Waals surface area contributed by atoms with Gasteiger partial charge in [-0.05, 0) is 67.1 Å². The van der Waals surface area contributed by atoms with Crippen LogP contribution in [0, 0.1) is 13.8 Å². The summed E-state index contributed by atoms with van der Waals surface area (Å²) in [6.45, 7) is 6.74. The van der Waals surface area contributed by atoms with E-state index in [1.54, 1.807) is 11.3 Å². The molecule has 0 bridgehead atoms. The Morgan fingerprint density at radius 1 is 1.03 bits per heavy atom. The molecular formula is C23H25N5S. The SMILES string of the molecule is Cc1cc(C)cc(Nc2nc(N[C@H](C)c3cccs3)c3cccc(CN)c3n2)c1. The van der Waals surface area contributed by atoms with Gasteiger partial charge in [0.1, 0.15) is 5.82 Å². The van der Waals surface area contributed by atoms with Crippen LogP contribution in [0.4, 0.5) is 17.5 Å². The summed E-state index contributed by atoms with van der Waals surface area (Å²) in [5, 5.41) is 10.0. The molecule has 2 aromatic heterocycles. The first-order valence-corrected chi connectivity index (χ1v) is 10.6. The number of aromatic nitrogens is 2. The molecule has 4 N–H and O–H groups in total. The second-order valence-corrected chi connectivity index (χ2v) is 8.28. The lowest BCUT2D eigenvalue weighted by Gasteiger charge is -2.17. The molecule has 148 valence electrons. The molecule has 29 heavy (non-hydrogen) atoms. The first-order valence-electron chi connectivity index (χ1n) is 9.68. The fourth-order valence-electron chi connectivity index (χ4n) is 3.53. The zero-order valence-corrected chi connectivity index (χ0v) is 17.7. The van der Waals surface area contributed by atoms with Crippen molar-refractivity contribution in [1.29, 1.82) is 0 Å². The van der Waals surface area contributed by atoms with Crippen molar-refractivity contribution in [2.45, 2.75) is 33.4 Å². The standard InChI is InChI=1S/C23H25N5S/c1-14-10-15(2)12-18(11-14)26-23-27-21-17(13-24)6-4-7-19(21)22(28-23)25-16(3)20-8-5-9-29-20/h4-12,16H,13,24H2,1-3H3,(H2,25,26,27,28)/t16-/m1/s1. The molecule has 0 amide bonds. The van der Waals surface area contributed by atoms with Gasteiger partial charge < -0.3 is 16.4 Å². The maximum Gasteiger partial charge on any atom is 0.229 e. The third-order valence-electron chi connectivity index (χ3n) is 4.83. The zero-order valence-electron chi connectivity index (χ0n) is 16.9. The molecule has 1 atom stereocenters. The van der Waals surface area contributed by atoms with Crippen molar-refractivity contribution in [3.8, 4) is 0 Å². The number of thiophene rings is 1. The molecule has 5 nitrogen and oxygen atoms in total. The monoisotopic (exact) mass is 403 g/mol. The lowest BCUT2D eigenvalue weighted by atomic mass is 10.1. The molecular weight excluding hydrogens is 378 g/mol. The Morgan fingerprint density at radius 2 is 1.83 bits per heavy atom. The average molecular weight is 404 g/mol. The van der Waals surface area contributed by atoms with Crippen molar-refractivity contribution < 1.29 is 0 Å². The Morgan fingerprint density at radius 3 is 2.52 bits per heavy atom. The van der Waals surface area contributed by atoms with Gasteiger partial charge in [0.2, 0.25) is 5.95 Å². The highest BCUT2D eigenvalue weighted by molar-refractivity contribution is 7.10. The van der Waals surface area contributed by atoms with E-state index in [0.29, 0.717) is 12.5 Å². The molecule has 0 spiro atoms. The van der Waals surface area contributed by atoms with E-state index in [-0.39, 0.29) is 6.04 Å². The Kier molecular flexibility index (Phi) is 5.47. The number of nitrogens with zero attached hydrogens (tertiary/aromatic N) is 2. The minimum atomic E-state index is 0.142. The molecule has 0 fully saturated rings. The van der Waals surface area contributed by atoms with Crippen LogP contribution in [0.5, 0.6) is 0 Å². The first kappa shape index (κ1) is 19.4. The molecule has 0 aliphatic heterocycles. The number of fused-ring (bicyclic) bond motifs is 1. The van der Waals surface area contributed by atoms with E-state index in [1.165, 1.54) is 16.0 Å². The summed E-state index contributed by atoms with van der Waals surface area (Å²) in [4.78, 5) is 10.9. The molecule has 4 rings (SSSR count). The van der Waals surface area contributed by atoms with Crippen LogP contribution in [0.2, 0.25) is 0 Å². The predicted octanol–water partition coefficient (Wildman–Crippen LogP) is 5.68. The van der Waals surface area contributed by atoms with E-state index in [9.17, 15) is 0 Å². The lowest BCUT2D eigenvalue weighted by molar-refractivity contribution is 0.898. The molecule has 0 radical (unpaired) electrons. The van der Waals surface area contributed by atoms with Gasteiger partial charge in [-0.2, -0.15) is 4.98 Å². The number of nitrogens with one attached hydrogen (secondary N) is 2. The van der Waals surface area contributed by atoms with Gasteiger partial charge in [-0.3, -0.25) is 0 Å². The molecule has 0 saturated carbocycles. The van der Waals surface area contributed by atoms with Gasteiger partial charge in [0, 0.05) is 22.5 Å². The van der Waals surface area contributed by atoms with Crippen LogP contribution in [-0.2, 0) is 6.54 Å². The average Bonchev–Trinajstić information content (AvgIpc) is 3.22. The summed E-state index contributed by atoms with van der Waals surface area (Å²) < 4.78 is 0. The number of para-hydroxylation sites is 1. The summed E-state index contributed by atoms with van der Waals surface area (Å²) in [6, 6.07) is 16.7. The van der Waals surface area contributed by atoms with Crippen molar-refractivity contribution >= 4 is 39.7 Å². The molecule has 0 saturated heterocycles. The number of aryl methyl sites for hydroxylation is 2. The molecule has 2 aromatic carbocycles. The second kappa shape index (κ2) is 8.19. The summed E-state index contributed by atoms with van der Waals surface area (Å²) in [6.07, 6.45) is 0. The van der Waals surface area contributed by atoms with Gasteiger partial charge in [-0.1, -0.05) is 24.3 Å². The number of nitrogens with two attached hydrogens (primary N) is 1. The van der Waals surface area contributed by atoms with Crippen molar-refractivity contribution in [3.05, 3.63) is 75.5 Å². The van der Waals surface area contributed by atoms with Gasteiger partial charge in [0.05, 0.1) is 11.6 Å². The van der Waals surface area contributed by atoms with Crippen molar-refractivity contribution in [3.63, 3.8) is 0 Å². The van der Waals surface area contributed by atoms with Crippen molar-refractivity contribution in [2.24, 2.45) is 5.73 Å². The normalized spacial score (nSPS) is 12.1. The van der Waals surface area contributed by atoms with Crippen molar-refractivity contribution in [1.82, 2.24) is 9.97 Å². The van der Waals surface area contributed by atoms with Crippen LogP contribution in [-0.4, -0.2) is 9.97 Å². The van der Waals surface area contributed by atoms with Gasteiger partial charge >= 0.3 is 0 Å². The quantitative estimate of drug-likeness (QED) is 0.386. The highest BCUT2D eigenvalue weighted by atomic mass is 32.1. The van der Waals surface area contributed by atoms with E-state index >= 15 is 0 Å². The Bertz CT molecular complexity index is 1120. The molecule has 4 aromatic rings. The van der Waals surface area contributed by atoms with Crippen LogP contribution >= 0.6 is 11.3 Å². The highest BCUT2D eigenvalue weighted by Crippen LogP contribution is 2.30. The number of anilines is 3. The van der Waals surface area contributed by atoms with Crippen LogP contribution in [0.15, 0.2) is 53.9 Å². The topological polar surface area (TPSA) is 75.9 Å². The third-order valence-corrected chi connectivity index (χ3v) is 5.89. The van der Waals surface area contributed by atoms with E-state index in [4.69, 9.17) is 15.7 Å². The minimum absolute atomic E-state index is 0.142. The molecule has 6 heteroatoms. The van der Waals surface area contributed by atoms with Crippen LogP contribution in [0.3, 0.4) is 0 Å². The Labute approximate surface area is 175 Å². The number of hydrogen-bond acceptors (Lipinski definition) is 6. The second-order valence-electron chi connectivity index (χ2n) is 7.30. The fourth-order valence-corrected chi connectivity index (χ4v) is 4.27. The van der Waals surface area contributed by atoms with Crippen LogP contribution < -0.4 is 16.4 Å². The van der Waals surface area contributed by atoms with Crippen molar-refractivity contribution in [2.75, 3.05) is 10.6 Å². The van der Waals surface area contributed by atoms with Gasteiger partial charge in [-0.15, -0.1) is 11.3 Å². The number of rotatable bonds is 6. The Hall–Kier alpha value is -2.96. The largest absolute Gasteiger partial charge is 0.362 e. The van der Waals surface area contributed by atoms with Crippen LogP contribution in [0.1, 0.15) is 34.5 Å². The maximum atomic E-state index is 5.99. The molecule has 2 heterocycles. The van der Waals surface area contributed by atoms with Gasteiger partial charge in [0.25, 0.3) is 0 Å². The zero-order chi connectivity index (χ0) is 20.4. The van der Waals surface area contributed by atoms with Crippen LogP contribution in [0.25, 0.3) is 10.9 Å². The fraction of sp³-hybridized carbons (Fsp3) is 0.217. The van der Waals surface area contributed by atoms with Gasteiger partial charge in [0.15, 0.2) is 0 Å². The molecule has 0 unspecified atom stereocenters. The highest BCUT2D eigenvalue weighted by Gasteiger charge is 2.14. The Balaban J connectivity index is 1.78. The number of hydrogen-bond donors (Lipinski definition) is 3. The summed E-state index contributed by atoms with van der Waals surface area (Å²) in [7, 11) is 0. The minimum Gasteiger partial charge on any atom is -0.362 e. The van der Waals surface area contributed by atoms with E-state index in [2.05, 4.69) is 67.1 Å². The predicted molar refractivity (Wildman–Crippen MR) is 123 cm³/mol. The molecule has 0 aliphatic carbocycles. The smallest absolute Gasteiger partial charge is 0.229 e. The number of benzene rings is 2. The van der Waals surface area contributed by atoms with E-state index < -0.39 is 0 Å². The summed E-state index contributed by atoms with van der Waals surface area (Å²) in [5.74, 6) is 1.36. The first-order chi connectivity index (χ1) is 14.0. The molecule has 0 aliphatic rings. The van der Waals surface area contributed by atoms with E-state index in [0.717, 1.165) is 28.0 Å². The summed E-state index contributed by atoms with van der Waals surface area (Å²) >= 11 is 1.73. The third kappa shape index (κ3) is 4.23. The lowest BCUT2D eigenvalue weighted by Crippen LogP contribution is -2.10.